The Morgan fingerprint density at radius 3 is 2.57 bits per heavy atom. The molecule has 3 rings (SSSR count). The molecule has 0 radical (unpaired) electrons. The van der Waals surface area contributed by atoms with Crippen LogP contribution in [0.15, 0.2) is 29.4 Å². The molecule has 0 saturated carbocycles. The van der Waals surface area contributed by atoms with Crippen LogP contribution in [0.5, 0.6) is 0 Å². The van der Waals surface area contributed by atoms with Crippen molar-refractivity contribution in [3.8, 4) is 0 Å². The Kier molecular flexibility index (Phi) is 12.4. The standard InChI is InChI=1S/C22H35N9O3.C2H6O/c1-4-5-8-26-20-19-17(28-21(29-20)30-22(32)34-3)12-27-31(19)13-16(24)18(33-2)11-15(23)14-6-9-25-10-7-14;1-2-3/h11-12,14,25H,4-10,13,23-24H2,1-3H3,(H2,26,28,29,30,32);3H,2H2,1H3/b15-11-,18-16+;. The quantitative estimate of drug-likeness (QED) is 0.153. The van der Waals surface area contributed by atoms with Gasteiger partial charge in [0.15, 0.2) is 5.82 Å². The van der Waals surface area contributed by atoms with Crippen LogP contribution in [0.4, 0.5) is 16.6 Å². The van der Waals surface area contributed by atoms with Crippen molar-refractivity contribution >= 4 is 28.9 Å². The summed E-state index contributed by atoms with van der Waals surface area (Å²) in [5, 5.41) is 21.2. The van der Waals surface area contributed by atoms with Gasteiger partial charge in [-0.25, -0.2) is 9.78 Å². The van der Waals surface area contributed by atoms with Gasteiger partial charge < -0.3 is 36.7 Å². The third-order valence-corrected chi connectivity index (χ3v) is 5.68. The molecule has 3 heterocycles. The summed E-state index contributed by atoms with van der Waals surface area (Å²) in [6.45, 7) is 6.88. The van der Waals surface area contributed by atoms with Crippen molar-refractivity contribution in [1.29, 1.82) is 0 Å². The van der Waals surface area contributed by atoms with Crippen LogP contribution in [0.3, 0.4) is 0 Å². The lowest BCUT2D eigenvalue weighted by Crippen LogP contribution is -2.30. The number of allylic oxidation sites excluding steroid dienone is 3. The Morgan fingerprint density at radius 1 is 1.24 bits per heavy atom. The maximum Gasteiger partial charge on any atom is 0.413 e. The smallest absolute Gasteiger partial charge is 0.413 e. The number of aromatic nitrogens is 4. The summed E-state index contributed by atoms with van der Waals surface area (Å²) >= 11 is 0. The van der Waals surface area contributed by atoms with Crippen LogP contribution in [-0.2, 0) is 16.0 Å². The number of ether oxygens (including phenoxy) is 2. The Hall–Kier alpha value is -3.58. The normalized spacial score (nSPS) is 14.9. The molecule has 0 aromatic carbocycles. The fourth-order valence-corrected chi connectivity index (χ4v) is 3.77. The summed E-state index contributed by atoms with van der Waals surface area (Å²) in [6, 6.07) is 0. The van der Waals surface area contributed by atoms with Crippen LogP contribution in [0, 0.1) is 5.92 Å². The molecule has 0 spiro atoms. The summed E-state index contributed by atoms with van der Waals surface area (Å²) in [5.74, 6) is 1.47. The number of piperidine rings is 1. The first-order valence-corrected chi connectivity index (χ1v) is 12.5. The number of nitrogens with zero attached hydrogens (tertiary/aromatic N) is 4. The third kappa shape index (κ3) is 8.79. The van der Waals surface area contributed by atoms with E-state index in [1.54, 1.807) is 24.9 Å². The summed E-state index contributed by atoms with van der Waals surface area (Å²) < 4.78 is 11.9. The van der Waals surface area contributed by atoms with Crippen molar-refractivity contribution in [1.82, 2.24) is 25.1 Å². The second-order valence-corrected chi connectivity index (χ2v) is 8.41. The molecule has 1 aliphatic heterocycles. The van der Waals surface area contributed by atoms with Crippen molar-refractivity contribution in [2.75, 3.05) is 51.1 Å². The van der Waals surface area contributed by atoms with Crippen LogP contribution in [0.2, 0.25) is 0 Å². The van der Waals surface area contributed by atoms with Gasteiger partial charge in [-0.3, -0.25) is 10.00 Å². The van der Waals surface area contributed by atoms with E-state index in [0.717, 1.165) is 44.5 Å². The van der Waals surface area contributed by atoms with Gasteiger partial charge in [0.25, 0.3) is 0 Å². The number of carbonyl (C=O) groups is 1. The minimum atomic E-state index is -0.652. The van der Waals surface area contributed by atoms with Crippen molar-refractivity contribution in [2.45, 2.75) is 46.1 Å². The molecule has 37 heavy (non-hydrogen) atoms. The van der Waals surface area contributed by atoms with E-state index >= 15 is 0 Å². The number of unbranched alkanes of at least 4 members (excludes halogenated alkanes) is 1. The molecule has 1 amide bonds. The van der Waals surface area contributed by atoms with E-state index in [1.807, 2.05) is 6.08 Å². The predicted octanol–water partition coefficient (Wildman–Crippen LogP) is 1.87. The Morgan fingerprint density at radius 2 is 1.95 bits per heavy atom. The molecule has 0 unspecified atom stereocenters. The average Bonchev–Trinajstić information content (AvgIpc) is 3.30. The minimum Gasteiger partial charge on any atom is -0.495 e. The first-order valence-electron chi connectivity index (χ1n) is 12.5. The maximum atomic E-state index is 11.6. The minimum absolute atomic E-state index is 0.122. The molecule has 1 aliphatic rings. The zero-order chi connectivity index (χ0) is 27.2. The number of nitrogens with one attached hydrogen (secondary N) is 3. The fraction of sp³-hybridized carbons (Fsp3) is 0.583. The topological polar surface area (TPSA) is 187 Å². The molecule has 2 aromatic rings. The van der Waals surface area contributed by atoms with E-state index in [4.69, 9.17) is 21.3 Å². The second kappa shape index (κ2) is 15.5. The molecule has 13 heteroatoms. The first kappa shape index (κ1) is 29.6. The highest BCUT2D eigenvalue weighted by Gasteiger charge is 2.18. The van der Waals surface area contributed by atoms with E-state index in [-0.39, 0.29) is 19.1 Å². The van der Waals surface area contributed by atoms with E-state index in [0.29, 0.717) is 40.8 Å². The van der Waals surface area contributed by atoms with Crippen LogP contribution < -0.4 is 27.4 Å². The lowest BCUT2D eigenvalue weighted by molar-refractivity contribution is 0.186. The predicted molar refractivity (Wildman–Crippen MR) is 144 cm³/mol. The Labute approximate surface area is 217 Å². The number of anilines is 2. The lowest BCUT2D eigenvalue weighted by Gasteiger charge is -2.23. The number of methoxy groups -OCH3 is 2. The number of hydrogen-bond donors (Lipinski definition) is 6. The summed E-state index contributed by atoms with van der Waals surface area (Å²) in [7, 11) is 2.85. The number of rotatable bonds is 10. The highest BCUT2D eigenvalue weighted by atomic mass is 16.5. The Balaban J connectivity index is 0.00000153. The lowest BCUT2D eigenvalue weighted by atomic mass is 9.94. The van der Waals surface area contributed by atoms with Crippen LogP contribution >= 0.6 is 0 Å². The molecule has 13 nitrogen and oxygen atoms in total. The summed E-state index contributed by atoms with van der Waals surface area (Å²) in [6.07, 6.45) is 6.70. The molecule has 1 fully saturated rings. The van der Waals surface area contributed by atoms with Gasteiger partial charge in [-0.2, -0.15) is 10.1 Å². The second-order valence-electron chi connectivity index (χ2n) is 8.41. The van der Waals surface area contributed by atoms with Crippen LogP contribution in [0.25, 0.3) is 11.0 Å². The van der Waals surface area contributed by atoms with Gasteiger partial charge in [0, 0.05) is 30.8 Å². The van der Waals surface area contributed by atoms with E-state index in [1.165, 1.54) is 7.11 Å². The Bertz CT molecular complexity index is 1060. The molecule has 0 bridgehead atoms. The van der Waals surface area contributed by atoms with Gasteiger partial charge in [0.05, 0.1) is 32.7 Å². The molecule has 0 atom stereocenters. The number of aliphatic hydroxyl groups excluding tert-OH is 1. The van der Waals surface area contributed by atoms with Gasteiger partial charge in [-0.05, 0) is 39.3 Å². The molecule has 206 valence electrons. The van der Waals surface area contributed by atoms with E-state index in [2.05, 4.69) is 42.7 Å². The monoisotopic (exact) mass is 519 g/mol. The number of hydrogen-bond acceptors (Lipinski definition) is 11. The molecule has 1 saturated heterocycles. The zero-order valence-corrected chi connectivity index (χ0v) is 22.2. The highest BCUT2D eigenvalue weighted by molar-refractivity contribution is 5.89. The number of nitrogens with two attached hydrogens (primary N) is 2. The fourth-order valence-electron chi connectivity index (χ4n) is 3.77. The van der Waals surface area contributed by atoms with Crippen molar-refractivity contribution in [3.63, 3.8) is 0 Å². The highest BCUT2D eigenvalue weighted by Crippen LogP contribution is 2.24. The SMILES string of the molecule is CCCCNc1nc(NC(=O)OC)nc2cnn(C/C(N)=C(/C=C(\N)C3CCNCC3)OC)c12.CCO. The van der Waals surface area contributed by atoms with Gasteiger partial charge in [0.1, 0.15) is 16.8 Å². The number of amides is 1. The molecule has 0 aliphatic carbocycles. The van der Waals surface area contributed by atoms with Crippen LogP contribution in [-0.4, -0.2) is 71.4 Å². The average molecular weight is 520 g/mol. The number of fused-ring (bicyclic) bond motifs is 1. The molecule has 8 N–H and O–H groups in total. The first-order chi connectivity index (χ1) is 17.9. The van der Waals surface area contributed by atoms with Gasteiger partial charge in [-0.1, -0.05) is 13.3 Å². The van der Waals surface area contributed by atoms with E-state index in [9.17, 15) is 4.79 Å². The van der Waals surface area contributed by atoms with Gasteiger partial charge in [0.2, 0.25) is 5.95 Å². The van der Waals surface area contributed by atoms with Crippen molar-refractivity contribution in [3.05, 3.63) is 29.4 Å². The number of aliphatic hydroxyl groups is 1. The molecule has 2 aromatic heterocycles. The molecular weight excluding hydrogens is 478 g/mol. The van der Waals surface area contributed by atoms with Crippen molar-refractivity contribution < 1.29 is 19.4 Å². The summed E-state index contributed by atoms with van der Waals surface area (Å²) in [4.78, 5) is 20.5. The van der Waals surface area contributed by atoms with Crippen molar-refractivity contribution in [2.24, 2.45) is 17.4 Å². The van der Waals surface area contributed by atoms with E-state index < -0.39 is 6.09 Å². The van der Waals surface area contributed by atoms with Gasteiger partial charge >= 0.3 is 6.09 Å². The maximum absolute atomic E-state index is 11.6. The third-order valence-electron chi connectivity index (χ3n) is 5.68. The van der Waals surface area contributed by atoms with Crippen LogP contribution in [0.1, 0.15) is 39.5 Å². The number of carbonyl (C=O) groups excluding carboxylic acids is 1. The summed E-state index contributed by atoms with van der Waals surface area (Å²) in [5.41, 5.74) is 15.2. The van der Waals surface area contributed by atoms with Gasteiger partial charge in [-0.15, -0.1) is 0 Å². The molecular formula is C24H41N9O4. The largest absolute Gasteiger partial charge is 0.495 e. The zero-order valence-electron chi connectivity index (χ0n) is 22.2.